The number of fused-ring (bicyclic) bond motifs is 2. The molecule has 10 nitrogen and oxygen atoms in total. The Labute approximate surface area is 198 Å². The minimum atomic E-state index is -0.501. The van der Waals surface area contributed by atoms with Crippen LogP contribution >= 0.6 is 0 Å². The number of nitrogens with one attached hydrogen (secondary N) is 3. The molecule has 11 heteroatoms. The molecule has 0 atom stereocenters. The van der Waals surface area contributed by atoms with Gasteiger partial charge in [0, 0.05) is 36.4 Å². The number of aromatic amines is 2. The van der Waals surface area contributed by atoms with Crippen molar-refractivity contribution >= 4 is 27.6 Å². The van der Waals surface area contributed by atoms with Gasteiger partial charge in [0.25, 0.3) is 0 Å². The maximum absolute atomic E-state index is 15.9. The molecule has 0 aliphatic carbocycles. The Balaban J connectivity index is 1.49. The van der Waals surface area contributed by atoms with Gasteiger partial charge < -0.3 is 10.3 Å². The van der Waals surface area contributed by atoms with E-state index in [0.717, 1.165) is 16.9 Å². The maximum Gasteiger partial charge on any atom is 0.166 e. The first-order valence-electron chi connectivity index (χ1n) is 11.1. The first kappa shape index (κ1) is 20.9. The summed E-state index contributed by atoms with van der Waals surface area (Å²) < 4.78 is 17.7. The zero-order valence-corrected chi connectivity index (χ0v) is 19.2. The molecule has 0 bridgehead atoms. The van der Waals surface area contributed by atoms with Crippen LogP contribution in [0.4, 0.5) is 10.1 Å². The molecule has 0 unspecified atom stereocenters. The van der Waals surface area contributed by atoms with Crippen molar-refractivity contribution in [2.24, 2.45) is 0 Å². The highest BCUT2D eigenvalue weighted by Crippen LogP contribution is 2.33. The van der Waals surface area contributed by atoms with E-state index < -0.39 is 5.82 Å². The van der Waals surface area contributed by atoms with Gasteiger partial charge in [-0.25, -0.2) is 19.3 Å². The molecule has 35 heavy (non-hydrogen) atoms. The molecule has 0 aliphatic rings. The van der Waals surface area contributed by atoms with E-state index in [-0.39, 0.29) is 11.7 Å². The van der Waals surface area contributed by atoms with Crippen molar-refractivity contribution in [1.82, 2.24) is 44.7 Å². The number of nitrogens with zero attached hydrogens (tertiary/aromatic N) is 7. The molecule has 174 valence electrons. The molecule has 0 spiro atoms. The largest absolute Gasteiger partial charge is 0.382 e. The Bertz CT molecular complexity index is 1690. The number of imidazole rings is 2. The normalized spacial score (nSPS) is 11.7. The first-order valence-corrected chi connectivity index (χ1v) is 11.1. The number of pyridine rings is 3. The molecule has 3 N–H and O–H groups in total. The summed E-state index contributed by atoms with van der Waals surface area (Å²) in [5.41, 5.74) is 4.60. The molecule has 0 saturated carbocycles. The predicted molar refractivity (Wildman–Crippen MR) is 131 cm³/mol. The first-order chi connectivity index (χ1) is 17.0. The number of anilines is 1. The molecule has 6 aromatic heterocycles. The summed E-state index contributed by atoms with van der Waals surface area (Å²) in [5.74, 6) is 0.536. The monoisotopic (exact) mass is 468 g/mol. The number of H-pyrrole nitrogens is 2. The molecule has 0 radical (unpaired) electrons. The zero-order chi connectivity index (χ0) is 24.1. The summed E-state index contributed by atoms with van der Waals surface area (Å²) in [6.45, 7) is 5.95. The SMILES string of the molecule is Cc1cn(-c2nccc3[nH]c(-c4n[nH]c5cnc(-c6cncc(NC(C)C)c6)c(F)c45)nc23)cn1. The van der Waals surface area contributed by atoms with E-state index >= 15 is 4.39 Å². The van der Waals surface area contributed by atoms with Gasteiger partial charge in [0.05, 0.1) is 34.0 Å². The van der Waals surface area contributed by atoms with Gasteiger partial charge in [-0.1, -0.05) is 0 Å². The van der Waals surface area contributed by atoms with Gasteiger partial charge in [0.1, 0.15) is 23.2 Å². The highest BCUT2D eigenvalue weighted by atomic mass is 19.1. The van der Waals surface area contributed by atoms with Gasteiger partial charge >= 0.3 is 0 Å². The molecule has 0 saturated heterocycles. The molecule has 6 heterocycles. The molecule has 0 aromatic carbocycles. The van der Waals surface area contributed by atoms with E-state index in [4.69, 9.17) is 4.98 Å². The van der Waals surface area contributed by atoms with Crippen molar-refractivity contribution in [3.8, 4) is 28.6 Å². The van der Waals surface area contributed by atoms with Gasteiger partial charge in [0.2, 0.25) is 0 Å². The van der Waals surface area contributed by atoms with Crippen molar-refractivity contribution in [2.75, 3.05) is 5.32 Å². The van der Waals surface area contributed by atoms with Gasteiger partial charge in [-0.2, -0.15) is 5.10 Å². The standard InChI is InChI=1S/C24H21FN10/c1-12(2)30-15-6-14(7-26-8-15)20-19(25)18-17(9-28-20)33-34-22(18)23-31-16-4-5-27-24(21(16)32-23)35-10-13(3)29-11-35/h4-12,30H,1-3H3,(H,31,32)(H,33,34). The number of aryl methyl sites for hydroxylation is 1. The molecular weight excluding hydrogens is 447 g/mol. The molecule has 6 rings (SSSR count). The second kappa shape index (κ2) is 7.97. The van der Waals surface area contributed by atoms with E-state index in [1.165, 1.54) is 0 Å². The lowest BCUT2D eigenvalue weighted by atomic mass is 10.1. The molecule has 0 fully saturated rings. The van der Waals surface area contributed by atoms with Crippen LogP contribution in [0.5, 0.6) is 0 Å². The van der Waals surface area contributed by atoms with Crippen LogP contribution in [0.1, 0.15) is 19.5 Å². The fraction of sp³-hybridized carbons (Fsp3) is 0.167. The fourth-order valence-corrected chi connectivity index (χ4v) is 4.09. The van der Waals surface area contributed by atoms with Gasteiger partial charge in [-0.15, -0.1) is 0 Å². The zero-order valence-electron chi connectivity index (χ0n) is 19.2. The van der Waals surface area contributed by atoms with E-state index in [0.29, 0.717) is 39.3 Å². The molecule has 0 amide bonds. The van der Waals surface area contributed by atoms with Crippen molar-refractivity contribution in [2.45, 2.75) is 26.8 Å². The molecular formula is C24H21FN10. The number of hydrogen-bond acceptors (Lipinski definition) is 7. The fourth-order valence-electron chi connectivity index (χ4n) is 4.09. The van der Waals surface area contributed by atoms with Crippen LogP contribution in [0.2, 0.25) is 0 Å². The summed E-state index contributed by atoms with van der Waals surface area (Å²) in [4.78, 5) is 25.3. The average molecular weight is 469 g/mol. The van der Waals surface area contributed by atoms with Crippen molar-refractivity contribution in [1.29, 1.82) is 0 Å². The Morgan fingerprint density at radius 2 is 1.94 bits per heavy atom. The van der Waals surface area contributed by atoms with Crippen molar-refractivity contribution in [3.63, 3.8) is 0 Å². The van der Waals surface area contributed by atoms with Crippen molar-refractivity contribution in [3.05, 3.63) is 61.0 Å². The van der Waals surface area contributed by atoms with Crippen LogP contribution in [0.15, 0.2) is 49.4 Å². The number of aromatic nitrogens is 9. The average Bonchev–Trinajstić information content (AvgIpc) is 3.56. The minimum Gasteiger partial charge on any atom is -0.382 e. The summed E-state index contributed by atoms with van der Waals surface area (Å²) >= 11 is 0. The van der Waals surface area contributed by atoms with Crippen molar-refractivity contribution < 1.29 is 4.39 Å². The summed E-state index contributed by atoms with van der Waals surface area (Å²) in [5, 5.41) is 10.8. The summed E-state index contributed by atoms with van der Waals surface area (Å²) in [6, 6.07) is 3.86. The predicted octanol–water partition coefficient (Wildman–Crippen LogP) is 4.41. The van der Waals surface area contributed by atoms with Crippen LogP contribution in [-0.2, 0) is 0 Å². The smallest absolute Gasteiger partial charge is 0.166 e. The Morgan fingerprint density at radius 3 is 2.74 bits per heavy atom. The maximum atomic E-state index is 15.9. The van der Waals surface area contributed by atoms with E-state index in [1.54, 1.807) is 35.7 Å². The topological polar surface area (TPSA) is 126 Å². The second-order valence-electron chi connectivity index (χ2n) is 8.58. The lowest BCUT2D eigenvalue weighted by Gasteiger charge is -2.11. The second-order valence-corrected chi connectivity index (χ2v) is 8.58. The molecule has 6 aromatic rings. The number of rotatable bonds is 5. The van der Waals surface area contributed by atoms with Gasteiger partial charge in [-0.3, -0.25) is 19.6 Å². The Hall–Kier alpha value is -4.67. The Kier molecular flexibility index (Phi) is 4.76. The summed E-state index contributed by atoms with van der Waals surface area (Å²) in [7, 11) is 0. The lowest BCUT2D eigenvalue weighted by Crippen LogP contribution is -2.09. The highest BCUT2D eigenvalue weighted by Gasteiger charge is 2.21. The third-order valence-corrected chi connectivity index (χ3v) is 5.57. The van der Waals surface area contributed by atoms with Crippen LogP contribution in [-0.4, -0.2) is 50.7 Å². The van der Waals surface area contributed by atoms with Crippen LogP contribution in [0.25, 0.3) is 50.5 Å². The lowest BCUT2D eigenvalue weighted by molar-refractivity contribution is 0.638. The third kappa shape index (κ3) is 3.57. The van der Waals surface area contributed by atoms with Crippen LogP contribution in [0, 0.1) is 12.7 Å². The van der Waals surface area contributed by atoms with E-state index in [9.17, 15) is 0 Å². The third-order valence-electron chi connectivity index (χ3n) is 5.57. The van der Waals surface area contributed by atoms with Crippen LogP contribution in [0.3, 0.4) is 0 Å². The van der Waals surface area contributed by atoms with Gasteiger partial charge in [-0.05, 0) is 32.9 Å². The van der Waals surface area contributed by atoms with Crippen LogP contribution < -0.4 is 5.32 Å². The van der Waals surface area contributed by atoms with Gasteiger partial charge in [0.15, 0.2) is 17.5 Å². The number of hydrogen-bond donors (Lipinski definition) is 3. The van der Waals surface area contributed by atoms with E-state index in [1.807, 2.05) is 39.1 Å². The number of halogens is 1. The minimum absolute atomic E-state index is 0.187. The quantitative estimate of drug-likeness (QED) is 0.342. The highest BCUT2D eigenvalue weighted by molar-refractivity contribution is 5.96. The Morgan fingerprint density at radius 1 is 1.06 bits per heavy atom. The van der Waals surface area contributed by atoms with E-state index in [2.05, 4.69) is 40.4 Å². The summed E-state index contributed by atoms with van der Waals surface area (Å²) in [6.07, 6.45) is 10.1. The molecule has 0 aliphatic heterocycles.